The maximum Gasteiger partial charge on any atom is 0.472 e. The van der Waals surface area contributed by atoms with Crippen molar-refractivity contribution in [2.75, 3.05) is 26.4 Å². The van der Waals surface area contributed by atoms with Crippen LogP contribution in [0.3, 0.4) is 0 Å². The molecular formula is C46H79O10P. The number of hydrogen-bond acceptors (Lipinski definition) is 9. The summed E-state index contributed by atoms with van der Waals surface area (Å²) in [5.41, 5.74) is 0. The summed E-state index contributed by atoms with van der Waals surface area (Å²) in [4.78, 5) is 35.0. The minimum Gasteiger partial charge on any atom is -0.462 e. The Bertz CT molecular complexity index is 1180. The van der Waals surface area contributed by atoms with Gasteiger partial charge in [-0.25, -0.2) is 4.57 Å². The van der Waals surface area contributed by atoms with E-state index in [1.54, 1.807) is 0 Å². The smallest absolute Gasteiger partial charge is 0.462 e. The minimum absolute atomic E-state index is 0.160. The normalized spacial score (nSPS) is 14.5. The average molecular weight is 823 g/mol. The monoisotopic (exact) mass is 823 g/mol. The number of aliphatic hydroxyl groups is 2. The lowest BCUT2D eigenvalue weighted by Gasteiger charge is -2.20. The Morgan fingerprint density at radius 2 is 0.930 bits per heavy atom. The molecule has 3 atom stereocenters. The largest absolute Gasteiger partial charge is 0.472 e. The zero-order valence-electron chi connectivity index (χ0n) is 35.5. The van der Waals surface area contributed by atoms with Gasteiger partial charge in [-0.1, -0.05) is 145 Å². The van der Waals surface area contributed by atoms with E-state index in [4.69, 9.17) is 19.1 Å². The lowest BCUT2D eigenvalue weighted by molar-refractivity contribution is -0.161. The maximum absolute atomic E-state index is 12.6. The zero-order chi connectivity index (χ0) is 41.9. The summed E-state index contributed by atoms with van der Waals surface area (Å²) in [6.07, 6.45) is 47.2. The zero-order valence-corrected chi connectivity index (χ0v) is 36.4. The topological polar surface area (TPSA) is 149 Å². The SMILES string of the molecule is CCCCC/C=C/C/C=C/C/C=C/C/C=C/CCCC(=O)OC[C@H](COP(=O)(O)OC[C@@H](O)CO)OC(=O)CCCCCCCCC/C=C/C/C=C/CCCCC. The molecule has 0 saturated carbocycles. The van der Waals surface area contributed by atoms with Gasteiger partial charge in [0.1, 0.15) is 12.7 Å². The molecule has 0 aromatic heterocycles. The number of phosphoric acid groups is 1. The van der Waals surface area contributed by atoms with E-state index in [1.807, 2.05) is 6.08 Å². The van der Waals surface area contributed by atoms with Crippen LogP contribution in [0.15, 0.2) is 72.9 Å². The van der Waals surface area contributed by atoms with Gasteiger partial charge in [0, 0.05) is 12.8 Å². The molecule has 0 heterocycles. The number of rotatable bonds is 40. The van der Waals surface area contributed by atoms with Crippen LogP contribution in [-0.2, 0) is 32.7 Å². The van der Waals surface area contributed by atoms with E-state index in [2.05, 4.69) is 85.2 Å². The Kier molecular flexibility index (Phi) is 39.7. The lowest BCUT2D eigenvalue weighted by atomic mass is 10.1. The van der Waals surface area contributed by atoms with Crippen LogP contribution in [0.4, 0.5) is 0 Å². The highest BCUT2D eigenvalue weighted by Gasteiger charge is 2.27. The van der Waals surface area contributed by atoms with Crippen LogP contribution in [0.5, 0.6) is 0 Å². The molecule has 0 aromatic carbocycles. The van der Waals surface area contributed by atoms with E-state index in [1.165, 1.54) is 57.8 Å². The van der Waals surface area contributed by atoms with Gasteiger partial charge in [0.15, 0.2) is 6.10 Å². The number of carbonyl (C=O) groups is 2. The minimum atomic E-state index is -4.64. The summed E-state index contributed by atoms with van der Waals surface area (Å²) < 4.78 is 32.7. The van der Waals surface area contributed by atoms with Crippen molar-refractivity contribution in [1.82, 2.24) is 0 Å². The summed E-state index contributed by atoms with van der Waals surface area (Å²) in [6, 6.07) is 0. The fourth-order valence-electron chi connectivity index (χ4n) is 5.43. The molecule has 0 fully saturated rings. The van der Waals surface area contributed by atoms with Gasteiger partial charge in [-0.3, -0.25) is 18.6 Å². The second kappa shape index (κ2) is 41.6. The van der Waals surface area contributed by atoms with E-state index in [0.717, 1.165) is 64.2 Å². The van der Waals surface area contributed by atoms with Crippen LogP contribution in [0, 0.1) is 0 Å². The second-order valence-corrected chi connectivity index (χ2v) is 15.8. The molecule has 0 bridgehead atoms. The molecule has 0 radical (unpaired) electrons. The quantitative estimate of drug-likeness (QED) is 0.0236. The average Bonchev–Trinajstić information content (AvgIpc) is 3.20. The molecule has 1 unspecified atom stereocenters. The second-order valence-electron chi connectivity index (χ2n) is 14.4. The molecule has 57 heavy (non-hydrogen) atoms. The van der Waals surface area contributed by atoms with E-state index in [0.29, 0.717) is 19.3 Å². The molecule has 0 saturated heterocycles. The van der Waals surface area contributed by atoms with E-state index in [-0.39, 0.29) is 19.4 Å². The molecule has 11 heteroatoms. The molecule has 0 rings (SSSR count). The Hall–Kier alpha value is -2.59. The summed E-state index contributed by atoms with van der Waals surface area (Å²) in [5, 5.41) is 18.3. The third-order valence-electron chi connectivity index (χ3n) is 8.83. The van der Waals surface area contributed by atoms with Crippen LogP contribution in [0.25, 0.3) is 0 Å². The number of phosphoric ester groups is 1. The molecule has 0 aromatic rings. The summed E-state index contributed by atoms with van der Waals surface area (Å²) in [6.45, 7) is 2.24. The Morgan fingerprint density at radius 1 is 0.526 bits per heavy atom. The van der Waals surface area contributed by atoms with Gasteiger partial charge in [-0.2, -0.15) is 0 Å². The first-order valence-electron chi connectivity index (χ1n) is 21.9. The molecule has 0 amide bonds. The van der Waals surface area contributed by atoms with Gasteiger partial charge in [0.25, 0.3) is 0 Å². The molecule has 0 aliphatic rings. The fourth-order valence-corrected chi connectivity index (χ4v) is 6.22. The van der Waals surface area contributed by atoms with Crippen LogP contribution < -0.4 is 0 Å². The molecule has 0 spiro atoms. The molecule has 0 aliphatic heterocycles. The van der Waals surface area contributed by atoms with Crippen molar-refractivity contribution in [3.8, 4) is 0 Å². The van der Waals surface area contributed by atoms with Crippen LogP contribution >= 0.6 is 7.82 Å². The predicted octanol–water partition coefficient (Wildman–Crippen LogP) is 11.7. The van der Waals surface area contributed by atoms with E-state index in [9.17, 15) is 24.2 Å². The number of esters is 2. The standard InChI is InChI=1S/C46H79O10P/c1-3-5-7-9-11-13-15-17-19-21-23-25-27-29-31-33-35-37-45(49)53-41-44(42-55-57(51,52)54-40-43(48)39-47)56-46(50)38-36-34-32-30-28-26-24-22-20-18-16-14-12-10-8-6-4-2/h11-14,17-20,23,25,29,31,43-44,47-48H,3-10,15-16,21-22,24,26-28,30,32-42H2,1-2H3,(H,51,52)/b13-11+,14-12+,19-17+,20-18+,25-23+,31-29+/t43-,44+/m0/s1. The highest BCUT2D eigenvalue weighted by Crippen LogP contribution is 2.43. The van der Waals surface area contributed by atoms with Gasteiger partial charge in [-0.15, -0.1) is 0 Å². The summed E-state index contributed by atoms with van der Waals surface area (Å²) in [7, 11) is -4.64. The number of unbranched alkanes of at least 4 members (excludes halogenated alkanes) is 14. The molecular weight excluding hydrogens is 743 g/mol. The van der Waals surface area contributed by atoms with E-state index >= 15 is 0 Å². The molecule has 10 nitrogen and oxygen atoms in total. The Morgan fingerprint density at radius 3 is 1.42 bits per heavy atom. The van der Waals surface area contributed by atoms with Gasteiger partial charge < -0.3 is 24.6 Å². The van der Waals surface area contributed by atoms with Gasteiger partial charge in [0.2, 0.25) is 0 Å². The summed E-state index contributed by atoms with van der Waals surface area (Å²) in [5.74, 6) is -1.00. The first-order valence-corrected chi connectivity index (χ1v) is 23.4. The fraction of sp³-hybridized carbons (Fsp3) is 0.696. The van der Waals surface area contributed by atoms with Gasteiger partial charge in [-0.05, 0) is 83.5 Å². The predicted molar refractivity (Wildman–Crippen MR) is 233 cm³/mol. The Balaban J connectivity index is 4.41. The number of allylic oxidation sites excluding steroid dienone is 12. The molecule has 328 valence electrons. The van der Waals surface area contributed by atoms with Crippen molar-refractivity contribution in [3.05, 3.63) is 72.9 Å². The van der Waals surface area contributed by atoms with E-state index < -0.39 is 51.8 Å². The molecule has 3 N–H and O–H groups in total. The van der Waals surface area contributed by atoms with Crippen LogP contribution in [0.2, 0.25) is 0 Å². The third-order valence-corrected chi connectivity index (χ3v) is 9.78. The van der Waals surface area contributed by atoms with Gasteiger partial charge >= 0.3 is 19.8 Å². The van der Waals surface area contributed by atoms with Crippen molar-refractivity contribution in [3.63, 3.8) is 0 Å². The van der Waals surface area contributed by atoms with Crippen LogP contribution in [-0.4, -0.2) is 65.7 Å². The van der Waals surface area contributed by atoms with Crippen molar-refractivity contribution >= 4 is 19.8 Å². The number of ether oxygens (including phenoxy) is 2. The summed E-state index contributed by atoms with van der Waals surface area (Å²) >= 11 is 0. The third kappa shape index (κ3) is 41.4. The van der Waals surface area contributed by atoms with Crippen molar-refractivity contribution in [2.24, 2.45) is 0 Å². The number of aliphatic hydroxyl groups excluding tert-OH is 2. The van der Waals surface area contributed by atoms with Crippen molar-refractivity contribution < 1.29 is 47.8 Å². The number of hydrogen-bond donors (Lipinski definition) is 3. The Labute approximate surface area is 346 Å². The first-order chi connectivity index (χ1) is 27.7. The highest BCUT2D eigenvalue weighted by molar-refractivity contribution is 7.47. The van der Waals surface area contributed by atoms with Crippen molar-refractivity contribution in [2.45, 2.75) is 180 Å². The van der Waals surface area contributed by atoms with Crippen LogP contribution in [0.1, 0.15) is 168 Å². The first kappa shape index (κ1) is 54.4. The molecule has 0 aliphatic carbocycles. The lowest BCUT2D eigenvalue weighted by Crippen LogP contribution is -2.29. The number of carbonyl (C=O) groups excluding carboxylic acids is 2. The van der Waals surface area contributed by atoms with Gasteiger partial charge in [0.05, 0.1) is 19.8 Å². The highest BCUT2D eigenvalue weighted by atomic mass is 31.2. The maximum atomic E-state index is 12.6. The van der Waals surface area contributed by atoms with Crippen molar-refractivity contribution in [1.29, 1.82) is 0 Å².